The van der Waals surface area contributed by atoms with Crippen LogP contribution in [0.15, 0.2) is 101 Å². The van der Waals surface area contributed by atoms with Gasteiger partial charge >= 0.3 is 6.09 Å². The molecule has 1 aliphatic rings. The topological polar surface area (TPSA) is 79.6 Å². The summed E-state index contributed by atoms with van der Waals surface area (Å²) in [5, 5.41) is 5.98. The molecular formula is C36H40BrN7O2S. The maximum absolute atomic E-state index is 14.5. The Balaban J connectivity index is 1.37. The van der Waals surface area contributed by atoms with Crippen molar-refractivity contribution in [3.8, 4) is 0 Å². The highest BCUT2D eigenvalue weighted by molar-refractivity contribution is 9.10. The van der Waals surface area contributed by atoms with Crippen molar-refractivity contribution >= 4 is 56.3 Å². The number of fused-ring (bicyclic) bond motifs is 1. The van der Waals surface area contributed by atoms with Gasteiger partial charge in [-0.3, -0.25) is 4.90 Å². The highest BCUT2D eigenvalue weighted by Gasteiger charge is 2.30. The van der Waals surface area contributed by atoms with Crippen molar-refractivity contribution in [1.29, 1.82) is 0 Å². The van der Waals surface area contributed by atoms with Crippen LogP contribution in [0.3, 0.4) is 0 Å². The monoisotopic (exact) mass is 713 g/mol. The van der Waals surface area contributed by atoms with E-state index in [1.165, 1.54) is 17.3 Å². The van der Waals surface area contributed by atoms with E-state index < -0.39 is 6.09 Å². The minimum absolute atomic E-state index is 0.204. The Kier molecular flexibility index (Phi) is 10.9. The molecule has 0 bridgehead atoms. The zero-order chi connectivity index (χ0) is 32.8. The summed E-state index contributed by atoms with van der Waals surface area (Å²) in [7, 11) is 2.14. The Morgan fingerprint density at radius 1 is 0.957 bits per heavy atom. The quantitative estimate of drug-likeness (QED) is 0.105. The molecular weight excluding hydrogens is 674 g/mol. The molecule has 1 saturated heterocycles. The summed E-state index contributed by atoms with van der Waals surface area (Å²) in [6.45, 7) is 7.28. The molecule has 2 atom stereocenters. The first-order valence-electron chi connectivity index (χ1n) is 15.9. The van der Waals surface area contributed by atoms with Gasteiger partial charge < -0.3 is 9.64 Å². The molecule has 2 unspecified atom stereocenters. The van der Waals surface area contributed by atoms with Crippen molar-refractivity contribution in [2.24, 2.45) is 0 Å². The summed E-state index contributed by atoms with van der Waals surface area (Å²) in [5.74, 6) is 0.647. The fourth-order valence-electron chi connectivity index (χ4n) is 5.93. The third-order valence-electron chi connectivity index (χ3n) is 8.55. The zero-order valence-corrected chi connectivity index (χ0v) is 29.4. The van der Waals surface area contributed by atoms with Gasteiger partial charge in [-0.2, -0.15) is 5.10 Å². The van der Waals surface area contributed by atoms with Crippen LogP contribution in [0.25, 0.3) is 11.0 Å². The zero-order valence-electron chi connectivity index (χ0n) is 27.0. The van der Waals surface area contributed by atoms with Gasteiger partial charge in [-0.05, 0) is 42.6 Å². The van der Waals surface area contributed by atoms with E-state index in [9.17, 15) is 4.79 Å². The summed E-state index contributed by atoms with van der Waals surface area (Å²) < 4.78 is 9.22. The van der Waals surface area contributed by atoms with E-state index in [4.69, 9.17) is 19.8 Å². The van der Waals surface area contributed by atoms with E-state index in [0.29, 0.717) is 47.2 Å². The van der Waals surface area contributed by atoms with Crippen molar-refractivity contribution in [2.45, 2.75) is 37.1 Å². The summed E-state index contributed by atoms with van der Waals surface area (Å²) in [6, 6.07) is 28.2. The van der Waals surface area contributed by atoms with E-state index in [1.807, 2.05) is 59.5 Å². The number of thioether (sulfide) groups is 1. The molecule has 3 heterocycles. The number of carbonyl (C=O) groups is 1. The number of anilines is 2. The number of hydrogen-bond donors (Lipinski definition) is 0. The lowest BCUT2D eigenvalue weighted by Gasteiger charge is -2.35. The number of halogens is 1. The van der Waals surface area contributed by atoms with Gasteiger partial charge in [-0.1, -0.05) is 101 Å². The van der Waals surface area contributed by atoms with Gasteiger partial charge in [0, 0.05) is 56.1 Å². The number of aromatic nitrogens is 4. The second-order valence-electron chi connectivity index (χ2n) is 12.0. The third kappa shape index (κ3) is 8.21. The van der Waals surface area contributed by atoms with Crippen LogP contribution in [-0.2, 0) is 17.7 Å². The summed E-state index contributed by atoms with van der Waals surface area (Å²) in [6.07, 6.45) is 3.45. The SMILES string of the molecule is CSc1nc(N(C(=O)OC(Cc2ccccc2)CN2CCN(C)CC2)c2cccc(Br)c2)c2cnn(CC(C)c3ccccc3)c2n1. The number of piperazine rings is 1. The fraction of sp³-hybridized carbons (Fsp3) is 0.333. The van der Waals surface area contributed by atoms with Gasteiger partial charge in [0.25, 0.3) is 0 Å². The van der Waals surface area contributed by atoms with E-state index in [1.54, 1.807) is 11.1 Å². The number of benzene rings is 3. The summed E-state index contributed by atoms with van der Waals surface area (Å²) in [5.41, 5.74) is 3.66. The molecule has 1 aliphatic heterocycles. The molecule has 1 fully saturated rings. The van der Waals surface area contributed by atoms with E-state index in [-0.39, 0.29) is 12.0 Å². The Labute approximate surface area is 289 Å². The van der Waals surface area contributed by atoms with Crippen molar-refractivity contribution in [3.05, 3.63) is 107 Å². The molecule has 1 amide bonds. The maximum atomic E-state index is 14.5. The maximum Gasteiger partial charge on any atom is 0.420 e. The lowest BCUT2D eigenvalue weighted by Crippen LogP contribution is -2.48. The van der Waals surface area contributed by atoms with Gasteiger partial charge in [-0.15, -0.1) is 0 Å². The standard InChI is InChI=1S/C36H40BrN7O2S/c1-26(28-13-8-5-9-14-28)24-43-33-32(23-38-43)34(40-35(39-33)47-3)44(30-16-10-15-29(37)22-30)36(45)46-31(21-27-11-6-4-7-12-27)25-42-19-17-41(2)18-20-42/h4-16,22-23,26,31H,17-21,24-25H2,1-3H3. The molecule has 0 saturated carbocycles. The fourth-order valence-corrected chi connectivity index (χ4v) is 6.67. The number of rotatable bonds is 11. The van der Waals surface area contributed by atoms with Crippen molar-refractivity contribution in [2.75, 3.05) is 50.9 Å². The molecule has 9 nitrogen and oxygen atoms in total. The van der Waals surface area contributed by atoms with Gasteiger partial charge in [0.2, 0.25) is 0 Å². The second kappa shape index (κ2) is 15.4. The Morgan fingerprint density at radius 2 is 1.68 bits per heavy atom. The lowest BCUT2D eigenvalue weighted by atomic mass is 10.0. The molecule has 2 aromatic heterocycles. The number of carbonyl (C=O) groups excluding carboxylic acids is 1. The van der Waals surface area contributed by atoms with Crippen molar-refractivity contribution in [3.63, 3.8) is 0 Å². The Morgan fingerprint density at radius 3 is 2.38 bits per heavy atom. The minimum Gasteiger partial charge on any atom is -0.444 e. The normalized spacial score (nSPS) is 15.4. The van der Waals surface area contributed by atoms with Crippen LogP contribution >= 0.6 is 27.7 Å². The first kappa shape index (κ1) is 33.1. The number of hydrogen-bond acceptors (Lipinski definition) is 8. The predicted molar refractivity (Wildman–Crippen MR) is 193 cm³/mol. The van der Waals surface area contributed by atoms with Crippen molar-refractivity contribution in [1.82, 2.24) is 29.5 Å². The van der Waals surface area contributed by atoms with E-state index >= 15 is 0 Å². The molecule has 11 heteroatoms. The number of likely N-dealkylation sites (N-methyl/N-ethyl adjacent to an activating group) is 1. The smallest absolute Gasteiger partial charge is 0.420 e. The molecule has 0 radical (unpaired) electrons. The van der Waals surface area contributed by atoms with E-state index in [0.717, 1.165) is 36.2 Å². The largest absolute Gasteiger partial charge is 0.444 e. The first-order chi connectivity index (χ1) is 22.9. The van der Waals surface area contributed by atoms with Crippen LogP contribution in [0.1, 0.15) is 24.0 Å². The molecule has 0 aliphatic carbocycles. The molecule has 0 N–H and O–H groups in total. The average Bonchev–Trinajstić information content (AvgIpc) is 3.49. The highest BCUT2D eigenvalue weighted by Crippen LogP contribution is 2.34. The van der Waals surface area contributed by atoms with Crippen LogP contribution in [0.2, 0.25) is 0 Å². The molecule has 244 valence electrons. The Hall–Kier alpha value is -3.77. The second-order valence-corrected chi connectivity index (χ2v) is 13.7. The lowest BCUT2D eigenvalue weighted by molar-refractivity contribution is 0.0594. The summed E-state index contributed by atoms with van der Waals surface area (Å²) >= 11 is 5.04. The van der Waals surface area contributed by atoms with Gasteiger partial charge in [-0.25, -0.2) is 24.3 Å². The van der Waals surface area contributed by atoms with Gasteiger partial charge in [0.15, 0.2) is 16.6 Å². The molecule has 0 spiro atoms. The Bertz CT molecular complexity index is 1780. The number of amides is 1. The van der Waals surface area contributed by atoms with Gasteiger partial charge in [0.1, 0.15) is 6.10 Å². The van der Waals surface area contributed by atoms with Crippen LogP contribution < -0.4 is 4.90 Å². The van der Waals surface area contributed by atoms with E-state index in [2.05, 4.69) is 76.1 Å². The van der Waals surface area contributed by atoms with Crippen LogP contribution in [0, 0.1) is 0 Å². The minimum atomic E-state index is -0.490. The third-order valence-corrected chi connectivity index (χ3v) is 9.59. The molecule has 6 rings (SSSR count). The molecule has 3 aromatic carbocycles. The number of nitrogens with zero attached hydrogens (tertiary/aromatic N) is 7. The van der Waals surface area contributed by atoms with Crippen LogP contribution in [0.5, 0.6) is 0 Å². The molecule has 5 aromatic rings. The first-order valence-corrected chi connectivity index (χ1v) is 17.9. The highest BCUT2D eigenvalue weighted by atomic mass is 79.9. The predicted octanol–water partition coefficient (Wildman–Crippen LogP) is 7.25. The van der Waals surface area contributed by atoms with Gasteiger partial charge in [0.05, 0.1) is 17.3 Å². The van der Waals surface area contributed by atoms with Crippen molar-refractivity contribution < 1.29 is 9.53 Å². The average molecular weight is 715 g/mol. The van der Waals surface area contributed by atoms with Crippen LogP contribution in [-0.4, -0.2) is 87.8 Å². The number of ether oxygens (including phenoxy) is 1. The molecule has 47 heavy (non-hydrogen) atoms. The van der Waals surface area contributed by atoms with Crippen LogP contribution in [0.4, 0.5) is 16.3 Å². The summed E-state index contributed by atoms with van der Waals surface area (Å²) in [4.78, 5) is 30.6.